The lowest BCUT2D eigenvalue weighted by Gasteiger charge is -2.38. The van der Waals surface area contributed by atoms with E-state index in [1.165, 1.54) is 0 Å². The number of hydrogen-bond acceptors (Lipinski definition) is 2. The lowest BCUT2D eigenvalue weighted by atomic mass is 9.72. The van der Waals surface area contributed by atoms with Gasteiger partial charge in [0.25, 0.3) is 0 Å². The predicted molar refractivity (Wildman–Crippen MR) is 110 cm³/mol. The van der Waals surface area contributed by atoms with Crippen LogP contribution in [0, 0.1) is 0 Å². The molecule has 0 unspecified atom stereocenters. The van der Waals surface area contributed by atoms with Crippen molar-refractivity contribution in [2.24, 2.45) is 0 Å². The van der Waals surface area contributed by atoms with Gasteiger partial charge in [-0.1, -0.05) is 90.5 Å². The molecule has 2 nitrogen and oxygen atoms in total. The van der Waals surface area contributed by atoms with Crippen LogP contribution in [0.5, 0.6) is 0 Å². The number of rotatable bonds is 7. The molecule has 3 heteroatoms. The van der Waals surface area contributed by atoms with Crippen LogP contribution < -0.4 is 0 Å². The summed E-state index contributed by atoms with van der Waals surface area (Å²) in [5, 5.41) is 0.638. The number of halogens is 1. The van der Waals surface area contributed by atoms with Crippen molar-refractivity contribution in [2.75, 3.05) is 7.11 Å². The predicted octanol–water partition coefficient (Wildman–Crippen LogP) is 6.03. The molecule has 2 atom stereocenters. The Morgan fingerprint density at radius 1 is 0.963 bits per heavy atom. The molecular weight excluding hydrogens is 356 g/mol. The van der Waals surface area contributed by atoms with Gasteiger partial charge in [-0.05, 0) is 23.3 Å². The highest BCUT2D eigenvalue weighted by atomic mass is 35.5. The van der Waals surface area contributed by atoms with Gasteiger partial charge in [-0.2, -0.15) is 0 Å². The fraction of sp³-hybridized carbons (Fsp3) is 0.125. The number of benzene rings is 3. The van der Waals surface area contributed by atoms with Crippen LogP contribution in [-0.2, 0) is 10.3 Å². The Labute approximate surface area is 165 Å². The molecule has 3 aromatic rings. The Kier molecular flexibility index (Phi) is 5.90. The van der Waals surface area contributed by atoms with Crippen LogP contribution in [0.25, 0.3) is 0 Å². The normalized spacial score (nSPS) is 14.1. The molecule has 0 radical (unpaired) electrons. The topological polar surface area (TPSA) is 26.3 Å². The van der Waals surface area contributed by atoms with Gasteiger partial charge in [0, 0.05) is 23.6 Å². The van der Waals surface area contributed by atoms with Gasteiger partial charge in [0.15, 0.2) is 11.4 Å². The number of methoxy groups -OCH3 is 1. The molecule has 0 N–H and O–H groups in total. The van der Waals surface area contributed by atoms with Crippen LogP contribution in [0.1, 0.15) is 27.4 Å². The SMILES string of the molecule is C=C[C@H](c1ccc(Cl)cc1)[C@@](OC)(C(=O)c1ccccc1)c1ccccc1. The van der Waals surface area contributed by atoms with Crippen molar-refractivity contribution in [3.8, 4) is 0 Å². The smallest absolute Gasteiger partial charge is 0.200 e. The maximum absolute atomic E-state index is 13.7. The number of Topliss-reactive ketones (excluding diaryl/α,β-unsaturated/α-hetero) is 1. The first-order valence-corrected chi connectivity index (χ1v) is 9.10. The van der Waals surface area contributed by atoms with E-state index in [-0.39, 0.29) is 5.78 Å². The van der Waals surface area contributed by atoms with Gasteiger partial charge >= 0.3 is 0 Å². The highest BCUT2D eigenvalue weighted by molar-refractivity contribution is 6.30. The molecule has 0 saturated carbocycles. The first kappa shape index (κ1) is 19.1. The molecule has 27 heavy (non-hydrogen) atoms. The average molecular weight is 377 g/mol. The number of ketones is 1. The third kappa shape index (κ3) is 3.59. The minimum Gasteiger partial charge on any atom is -0.364 e. The summed E-state index contributed by atoms with van der Waals surface area (Å²) in [5.74, 6) is -0.508. The quantitative estimate of drug-likeness (QED) is 0.371. The Morgan fingerprint density at radius 3 is 2.04 bits per heavy atom. The van der Waals surface area contributed by atoms with E-state index in [2.05, 4.69) is 6.58 Å². The summed E-state index contributed by atoms with van der Waals surface area (Å²) in [5.41, 5.74) is 1.03. The summed E-state index contributed by atoms with van der Waals surface area (Å²) < 4.78 is 6.02. The minimum atomic E-state index is -1.24. The van der Waals surface area contributed by atoms with Gasteiger partial charge in [0.05, 0.1) is 0 Å². The molecule has 0 aliphatic rings. The van der Waals surface area contributed by atoms with E-state index < -0.39 is 11.5 Å². The highest BCUT2D eigenvalue weighted by Crippen LogP contribution is 2.43. The van der Waals surface area contributed by atoms with Crippen LogP contribution >= 0.6 is 11.6 Å². The average Bonchev–Trinajstić information content (AvgIpc) is 2.74. The molecule has 0 aliphatic carbocycles. The fourth-order valence-corrected chi connectivity index (χ4v) is 3.61. The van der Waals surface area contributed by atoms with Crippen LogP contribution in [0.15, 0.2) is 97.6 Å². The molecule has 0 bridgehead atoms. The monoisotopic (exact) mass is 376 g/mol. The van der Waals surface area contributed by atoms with Crippen molar-refractivity contribution >= 4 is 17.4 Å². The molecular formula is C24H21ClO2. The van der Waals surface area contributed by atoms with Crippen molar-refractivity contribution in [1.82, 2.24) is 0 Å². The van der Waals surface area contributed by atoms with Crippen molar-refractivity contribution in [3.05, 3.63) is 119 Å². The number of carbonyl (C=O) groups excluding carboxylic acids is 1. The molecule has 0 heterocycles. The van der Waals surface area contributed by atoms with Gasteiger partial charge in [0.1, 0.15) is 0 Å². The highest BCUT2D eigenvalue weighted by Gasteiger charge is 2.47. The largest absolute Gasteiger partial charge is 0.364 e. The van der Waals surface area contributed by atoms with Crippen LogP contribution in [0.3, 0.4) is 0 Å². The Morgan fingerprint density at radius 2 is 1.52 bits per heavy atom. The zero-order valence-electron chi connectivity index (χ0n) is 15.1. The summed E-state index contributed by atoms with van der Waals surface area (Å²) in [6.45, 7) is 4.01. The third-order valence-electron chi connectivity index (χ3n) is 4.80. The van der Waals surface area contributed by atoms with E-state index in [0.717, 1.165) is 11.1 Å². The lowest BCUT2D eigenvalue weighted by molar-refractivity contribution is -0.00993. The molecule has 136 valence electrons. The lowest BCUT2D eigenvalue weighted by Crippen LogP contribution is -2.43. The Hall–Kier alpha value is -2.68. The standard InChI is InChI=1S/C24H21ClO2/c1-3-22(18-14-16-21(25)17-15-18)24(27-2,20-12-8-5-9-13-20)23(26)19-10-6-4-7-11-19/h3-17,22H,1H2,2H3/t22-,24-/m1/s1. The number of ether oxygens (including phenoxy) is 1. The van der Waals surface area contributed by atoms with Crippen molar-refractivity contribution in [2.45, 2.75) is 11.5 Å². The van der Waals surface area contributed by atoms with Crippen LogP contribution in [0.4, 0.5) is 0 Å². The summed E-state index contributed by atoms with van der Waals surface area (Å²) >= 11 is 6.06. The van der Waals surface area contributed by atoms with Gasteiger partial charge in [-0.3, -0.25) is 4.79 Å². The molecule has 0 saturated heterocycles. The van der Waals surface area contributed by atoms with E-state index in [9.17, 15) is 4.79 Å². The Bertz CT molecular complexity index is 904. The van der Waals surface area contributed by atoms with E-state index >= 15 is 0 Å². The van der Waals surface area contributed by atoms with E-state index in [4.69, 9.17) is 16.3 Å². The molecule has 0 aromatic heterocycles. The summed E-state index contributed by atoms with van der Waals surface area (Å²) in [4.78, 5) is 13.7. The molecule has 0 spiro atoms. The first-order chi connectivity index (χ1) is 13.1. The van der Waals surface area contributed by atoms with Gasteiger partial charge in [-0.15, -0.1) is 6.58 Å². The second kappa shape index (κ2) is 8.34. The van der Waals surface area contributed by atoms with Gasteiger partial charge < -0.3 is 4.74 Å². The van der Waals surface area contributed by atoms with E-state index in [1.807, 2.05) is 72.8 Å². The second-order valence-corrected chi connectivity index (χ2v) is 6.70. The van der Waals surface area contributed by atoms with E-state index in [0.29, 0.717) is 10.6 Å². The number of carbonyl (C=O) groups is 1. The summed E-state index contributed by atoms with van der Waals surface area (Å²) in [6, 6.07) is 26.2. The maximum atomic E-state index is 13.7. The maximum Gasteiger partial charge on any atom is 0.200 e. The third-order valence-corrected chi connectivity index (χ3v) is 5.05. The number of hydrogen-bond donors (Lipinski definition) is 0. The van der Waals surface area contributed by atoms with Gasteiger partial charge in [0.2, 0.25) is 0 Å². The van der Waals surface area contributed by atoms with Crippen molar-refractivity contribution in [3.63, 3.8) is 0 Å². The zero-order chi connectivity index (χ0) is 19.3. The second-order valence-electron chi connectivity index (χ2n) is 6.27. The Balaban J connectivity index is 2.24. The summed E-state index contributed by atoms with van der Waals surface area (Å²) in [6.07, 6.45) is 1.76. The van der Waals surface area contributed by atoms with E-state index in [1.54, 1.807) is 25.3 Å². The van der Waals surface area contributed by atoms with Crippen LogP contribution in [0.2, 0.25) is 5.02 Å². The molecule has 3 aromatic carbocycles. The first-order valence-electron chi connectivity index (χ1n) is 8.72. The van der Waals surface area contributed by atoms with Crippen LogP contribution in [-0.4, -0.2) is 12.9 Å². The van der Waals surface area contributed by atoms with Gasteiger partial charge in [-0.25, -0.2) is 0 Å². The molecule has 0 aliphatic heterocycles. The molecule has 0 amide bonds. The molecule has 0 fully saturated rings. The summed E-state index contributed by atoms with van der Waals surface area (Å²) in [7, 11) is 1.57. The fourth-order valence-electron chi connectivity index (χ4n) is 3.49. The van der Waals surface area contributed by atoms with Crippen molar-refractivity contribution < 1.29 is 9.53 Å². The molecule has 3 rings (SSSR count). The van der Waals surface area contributed by atoms with Crippen molar-refractivity contribution in [1.29, 1.82) is 0 Å². The minimum absolute atomic E-state index is 0.114. The zero-order valence-corrected chi connectivity index (χ0v) is 15.9.